The molecule has 0 aromatic rings. The maximum atomic E-state index is 10.3. The van der Waals surface area contributed by atoms with E-state index in [1.54, 1.807) is 0 Å². The van der Waals surface area contributed by atoms with Gasteiger partial charge >= 0.3 is 0 Å². The Morgan fingerprint density at radius 2 is 1.17 bits per heavy atom. The van der Waals surface area contributed by atoms with Gasteiger partial charge in [0.1, 0.15) is 0 Å². The van der Waals surface area contributed by atoms with Crippen molar-refractivity contribution in [3.8, 4) is 0 Å². The third kappa shape index (κ3) is 669. The second kappa shape index (κ2) is 8.84. The minimum absolute atomic E-state index is 0.500. The van der Waals surface area contributed by atoms with Crippen LogP contribution in [0.25, 0.3) is 0 Å². The first kappa shape index (κ1) is 9.25. The van der Waals surface area contributed by atoms with E-state index in [9.17, 15) is 13.2 Å². The Bertz CT molecular complexity index is 10.8. The molecular formula is C3H7F3. The Morgan fingerprint density at radius 3 is 1.17 bits per heavy atom. The number of halogens is 3. The Kier molecular flexibility index (Phi) is 13.6. The third-order valence-electron chi connectivity index (χ3n) is 0. The normalized spacial score (nSPS) is 7.00. The molecule has 0 nitrogen and oxygen atoms in total. The third-order valence-corrected chi connectivity index (χ3v) is 0. The predicted octanol–water partition coefficient (Wildman–Crippen LogP) is 1.86. The Labute approximate surface area is 35.0 Å². The summed E-state index contributed by atoms with van der Waals surface area (Å²) in [5, 5.41) is 0. The standard InChI is InChI=1S/C2H4F2.CH3F/c1-2(3)4;1-2/h2H,1H3;1H3. The highest BCUT2D eigenvalue weighted by molar-refractivity contribution is 4.06. The van der Waals surface area contributed by atoms with E-state index in [4.69, 9.17) is 0 Å². The van der Waals surface area contributed by atoms with Gasteiger partial charge in [0, 0.05) is 0 Å². The molecule has 0 rings (SSSR count). The first-order chi connectivity index (χ1) is 2.73. The predicted molar refractivity (Wildman–Crippen MR) is 18.7 cm³/mol. The molecule has 0 heterocycles. The Balaban J connectivity index is 0. The summed E-state index contributed by atoms with van der Waals surface area (Å²) >= 11 is 0. The van der Waals surface area contributed by atoms with Crippen molar-refractivity contribution in [3.05, 3.63) is 0 Å². The minimum atomic E-state index is -2.17. The van der Waals surface area contributed by atoms with E-state index >= 15 is 0 Å². The molecule has 0 aromatic heterocycles. The maximum Gasteiger partial charge on any atom is 0.235 e. The van der Waals surface area contributed by atoms with E-state index in [1.165, 1.54) is 0 Å². The molecule has 0 aliphatic heterocycles. The monoisotopic (exact) mass is 100 g/mol. The van der Waals surface area contributed by atoms with Gasteiger partial charge in [-0.15, -0.1) is 0 Å². The summed E-state index contributed by atoms with van der Waals surface area (Å²) in [6.07, 6.45) is -2.17. The van der Waals surface area contributed by atoms with Crippen LogP contribution in [0.3, 0.4) is 0 Å². The largest absolute Gasteiger partial charge is 0.255 e. The molecule has 0 amide bonds. The number of rotatable bonds is 0. The molecule has 3 heteroatoms. The van der Waals surface area contributed by atoms with Crippen molar-refractivity contribution >= 4 is 0 Å². The molecule has 0 aliphatic rings. The zero-order chi connectivity index (χ0) is 5.58. The van der Waals surface area contributed by atoms with Gasteiger partial charge in [-0.2, -0.15) is 0 Å². The smallest absolute Gasteiger partial charge is 0.235 e. The van der Waals surface area contributed by atoms with Crippen LogP contribution in [-0.2, 0) is 0 Å². The molecule has 0 aliphatic carbocycles. The molecule has 40 valence electrons. The Morgan fingerprint density at radius 1 is 1.17 bits per heavy atom. The van der Waals surface area contributed by atoms with Gasteiger partial charge in [-0.3, -0.25) is 4.39 Å². The fourth-order valence-corrected chi connectivity index (χ4v) is 0. The van der Waals surface area contributed by atoms with E-state index in [0.29, 0.717) is 7.18 Å². The number of alkyl halides is 3. The zero-order valence-corrected chi connectivity index (χ0v) is 3.71. The Hall–Kier alpha value is -0.210. The van der Waals surface area contributed by atoms with Gasteiger partial charge < -0.3 is 0 Å². The maximum absolute atomic E-state index is 10.3. The van der Waals surface area contributed by atoms with Gasteiger partial charge in [0.25, 0.3) is 0 Å². The average molecular weight is 100 g/mol. The highest BCUT2D eigenvalue weighted by Gasteiger charge is 1.79. The highest BCUT2D eigenvalue weighted by Crippen LogP contribution is 1.82. The second-order valence-corrected chi connectivity index (χ2v) is 0.519. The quantitative estimate of drug-likeness (QED) is 0.435. The van der Waals surface area contributed by atoms with Crippen molar-refractivity contribution in [1.82, 2.24) is 0 Å². The lowest BCUT2D eigenvalue weighted by Crippen LogP contribution is -1.69. The van der Waals surface area contributed by atoms with Crippen LogP contribution in [0.2, 0.25) is 0 Å². The van der Waals surface area contributed by atoms with Gasteiger partial charge in [0.2, 0.25) is 6.43 Å². The first-order valence-electron chi connectivity index (χ1n) is 1.39. The van der Waals surface area contributed by atoms with Crippen LogP contribution < -0.4 is 0 Å². The minimum Gasteiger partial charge on any atom is -0.255 e. The molecule has 0 N–H and O–H groups in total. The van der Waals surface area contributed by atoms with Crippen molar-refractivity contribution in [1.29, 1.82) is 0 Å². The molecule has 0 unspecified atom stereocenters. The number of hydrogen-bond acceptors (Lipinski definition) is 0. The summed E-state index contributed by atoms with van der Waals surface area (Å²) in [6.45, 7) is 0.833. The van der Waals surface area contributed by atoms with Crippen LogP contribution >= 0.6 is 0 Å². The summed E-state index contributed by atoms with van der Waals surface area (Å²) in [7, 11) is 0.500. The molecule has 6 heavy (non-hydrogen) atoms. The van der Waals surface area contributed by atoms with E-state index in [0.717, 1.165) is 6.92 Å². The molecular weight excluding hydrogens is 93.0 g/mol. The van der Waals surface area contributed by atoms with Gasteiger partial charge in [-0.25, -0.2) is 8.78 Å². The second-order valence-electron chi connectivity index (χ2n) is 0.519. The van der Waals surface area contributed by atoms with E-state index in [-0.39, 0.29) is 0 Å². The summed E-state index contributed by atoms with van der Waals surface area (Å²) in [5.41, 5.74) is 0. The van der Waals surface area contributed by atoms with Gasteiger partial charge in [0.05, 0.1) is 7.18 Å². The van der Waals surface area contributed by atoms with Crippen molar-refractivity contribution in [2.24, 2.45) is 0 Å². The topological polar surface area (TPSA) is 0 Å². The first-order valence-corrected chi connectivity index (χ1v) is 1.39. The van der Waals surface area contributed by atoms with Crippen LogP contribution in [0.5, 0.6) is 0 Å². The van der Waals surface area contributed by atoms with E-state index in [1.807, 2.05) is 0 Å². The summed E-state index contributed by atoms with van der Waals surface area (Å²) in [4.78, 5) is 0. The van der Waals surface area contributed by atoms with Gasteiger partial charge in [-0.05, 0) is 6.92 Å². The fraction of sp³-hybridized carbons (Fsp3) is 1.00. The molecule has 0 radical (unpaired) electrons. The molecule has 0 fully saturated rings. The average Bonchev–Trinajstić information content (AvgIpc) is 1.41. The molecule has 0 spiro atoms. The SMILES string of the molecule is CC(F)F.CF. The lowest BCUT2D eigenvalue weighted by Gasteiger charge is -1.70. The van der Waals surface area contributed by atoms with Crippen LogP contribution in [-0.4, -0.2) is 13.6 Å². The summed E-state index contributed by atoms with van der Waals surface area (Å²) < 4.78 is 30.2. The van der Waals surface area contributed by atoms with Crippen molar-refractivity contribution in [3.63, 3.8) is 0 Å². The van der Waals surface area contributed by atoms with Crippen molar-refractivity contribution in [2.45, 2.75) is 13.3 Å². The molecule has 0 atom stereocenters. The van der Waals surface area contributed by atoms with E-state index in [2.05, 4.69) is 0 Å². The lowest BCUT2D eigenvalue weighted by atomic mass is 10.9. The summed E-state index contributed by atoms with van der Waals surface area (Å²) in [5.74, 6) is 0. The molecule has 0 saturated heterocycles. The number of hydrogen-bond donors (Lipinski definition) is 0. The highest BCUT2D eigenvalue weighted by atomic mass is 19.3. The fourth-order valence-electron chi connectivity index (χ4n) is 0. The van der Waals surface area contributed by atoms with Gasteiger partial charge in [0.15, 0.2) is 0 Å². The van der Waals surface area contributed by atoms with Crippen molar-refractivity contribution < 1.29 is 13.2 Å². The van der Waals surface area contributed by atoms with E-state index < -0.39 is 6.43 Å². The molecule has 0 aromatic carbocycles. The van der Waals surface area contributed by atoms with Crippen LogP contribution in [0.1, 0.15) is 6.92 Å². The van der Waals surface area contributed by atoms with Crippen molar-refractivity contribution in [2.75, 3.05) is 7.18 Å². The van der Waals surface area contributed by atoms with Crippen LogP contribution in [0.15, 0.2) is 0 Å². The zero-order valence-electron chi connectivity index (χ0n) is 3.71. The molecule has 0 saturated carbocycles. The summed E-state index contributed by atoms with van der Waals surface area (Å²) in [6, 6.07) is 0. The lowest BCUT2D eigenvalue weighted by molar-refractivity contribution is 0.171. The van der Waals surface area contributed by atoms with Crippen LogP contribution in [0.4, 0.5) is 13.2 Å². The molecule has 0 bridgehead atoms. The van der Waals surface area contributed by atoms with Gasteiger partial charge in [-0.1, -0.05) is 0 Å². The van der Waals surface area contributed by atoms with Crippen LogP contribution in [0, 0.1) is 0 Å².